The minimum absolute atomic E-state index is 0.117. The normalized spacial score (nSPS) is 9.64. The summed E-state index contributed by atoms with van der Waals surface area (Å²) in [6, 6.07) is 1.88. The van der Waals surface area contributed by atoms with Crippen molar-refractivity contribution < 1.29 is 9.53 Å². The molecule has 0 saturated heterocycles. The fourth-order valence-corrected chi connectivity index (χ4v) is 1.27. The number of pyridine rings is 1. The number of aryl methyl sites for hydroxylation is 1. The zero-order chi connectivity index (χ0) is 10.6. The maximum absolute atomic E-state index is 10.9. The molecule has 0 radical (unpaired) electrons. The van der Waals surface area contributed by atoms with E-state index in [1.807, 2.05) is 13.0 Å². The molecule has 0 aliphatic heterocycles. The third-order valence-electron chi connectivity index (χ3n) is 1.71. The van der Waals surface area contributed by atoms with Crippen molar-refractivity contribution in [3.63, 3.8) is 0 Å². The fraction of sp³-hybridized carbons (Fsp3) is 0.333. The van der Waals surface area contributed by atoms with Gasteiger partial charge >= 0.3 is 5.97 Å². The molecule has 1 aromatic heterocycles. The van der Waals surface area contributed by atoms with Crippen LogP contribution in [0.2, 0.25) is 0 Å². The Morgan fingerprint density at radius 3 is 3.07 bits per heavy atom. The zero-order valence-electron chi connectivity index (χ0n) is 8.00. The van der Waals surface area contributed by atoms with Crippen molar-refractivity contribution in [2.45, 2.75) is 6.92 Å². The first-order valence-corrected chi connectivity index (χ1v) is 4.86. The summed E-state index contributed by atoms with van der Waals surface area (Å²) in [5.41, 5.74) is 1.06. The van der Waals surface area contributed by atoms with Gasteiger partial charge in [0, 0.05) is 6.20 Å². The summed E-state index contributed by atoms with van der Waals surface area (Å²) >= 11 is 3.38. The van der Waals surface area contributed by atoms with Gasteiger partial charge in [0.2, 0.25) is 0 Å². The highest BCUT2D eigenvalue weighted by Crippen LogP contribution is 2.22. The molecule has 14 heavy (non-hydrogen) atoms. The van der Waals surface area contributed by atoms with Gasteiger partial charge in [0.05, 0.1) is 11.6 Å². The Morgan fingerprint density at radius 2 is 2.43 bits per heavy atom. The van der Waals surface area contributed by atoms with E-state index in [2.05, 4.69) is 31.0 Å². The summed E-state index contributed by atoms with van der Waals surface area (Å²) in [5, 5.41) is 2.87. The first-order chi connectivity index (χ1) is 6.65. The van der Waals surface area contributed by atoms with E-state index in [4.69, 9.17) is 0 Å². The Bertz CT molecular complexity index is 342. The highest BCUT2D eigenvalue weighted by molar-refractivity contribution is 9.10. The highest BCUT2D eigenvalue weighted by Gasteiger charge is 2.05. The molecule has 0 unspecified atom stereocenters. The Hall–Kier alpha value is -1.10. The molecule has 0 aromatic carbocycles. The van der Waals surface area contributed by atoms with Crippen molar-refractivity contribution in [1.82, 2.24) is 4.98 Å². The van der Waals surface area contributed by atoms with E-state index in [0.717, 1.165) is 10.0 Å². The van der Waals surface area contributed by atoms with Gasteiger partial charge in [-0.2, -0.15) is 0 Å². The van der Waals surface area contributed by atoms with Crippen molar-refractivity contribution in [2.75, 3.05) is 19.0 Å². The Labute approximate surface area is 90.8 Å². The Balaban J connectivity index is 2.68. The van der Waals surface area contributed by atoms with Crippen LogP contribution in [0, 0.1) is 6.92 Å². The van der Waals surface area contributed by atoms with Crippen LogP contribution in [-0.2, 0) is 9.53 Å². The molecule has 0 saturated carbocycles. The second-order valence-corrected chi connectivity index (χ2v) is 3.51. The van der Waals surface area contributed by atoms with E-state index < -0.39 is 0 Å². The van der Waals surface area contributed by atoms with Crippen molar-refractivity contribution in [3.8, 4) is 0 Å². The maximum Gasteiger partial charge on any atom is 0.325 e. The standard InChI is InChI=1S/C9H11BrN2O2/c1-6-3-4-11-9(8(6)10)12-5-7(13)14-2/h3-4H,5H2,1-2H3,(H,11,12). The van der Waals surface area contributed by atoms with E-state index in [-0.39, 0.29) is 12.5 Å². The summed E-state index contributed by atoms with van der Waals surface area (Å²) in [6.45, 7) is 2.07. The monoisotopic (exact) mass is 258 g/mol. The second-order valence-electron chi connectivity index (χ2n) is 2.72. The van der Waals surface area contributed by atoms with Crippen molar-refractivity contribution in [2.24, 2.45) is 0 Å². The molecular formula is C9H11BrN2O2. The van der Waals surface area contributed by atoms with Crippen LogP contribution < -0.4 is 5.32 Å². The maximum atomic E-state index is 10.9. The van der Waals surface area contributed by atoms with Crippen molar-refractivity contribution in [3.05, 3.63) is 22.3 Å². The molecule has 0 amide bonds. The number of hydrogen-bond acceptors (Lipinski definition) is 4. The van der Waals surface area contributed by atoms with Crippen LogP contribution in [0.15, 0.2) is 16.7 Å². The molecule has 0 aliphatic rings. The Morgan fingerprint density at radius 1 is 1.71 bits per heavy atom. The number of methoxy groups -OCH3 is 1. The number of rotatable bonds is 3. The van der Waals surface area contributed by atoms with Gasteiger partial charge in [0.15, 0.2) is 0 Å². The lowest BCUT2D eigenvalue weighted by Crippen LogP contribution is -2.16. The summed E-state index contributed by atoms with van der Waals surface area (Å²) < 4.78 is 5.36. The van der Waals surface area contributed by atoms with Crippen LogP contribution >= 0.6 is 15.9 Å². The summed E-state index contributed by atoms with van der Waals surface area (Å²) in [6.07, 6.45) is 1.68. The number of nitrogens with one attached hydrogen (secondary N) is 1. The fourth-order valence-electron chi connectivity index (χ4n) is 0.892. The molecule has 76 valence electrons. The second kappa shape index (κ2) is 4.95. The first-order valence-electron chi connectivity index (χ1n) is 4.07. The van der Waals surface area contributed by atoms with E-state index >= 15 is 0 Å². The molecule has 1 heterocycles. The molecular weight excluding hydrogens is 248 g/mol. The molecule has 1 aromatic rings. The van der Waals surface area contributed by atoms with Gasteiger partial charge < -0.3 is 10.1 Å². The van der Waals surface area contributed by atoms with Gasteiger partial charge in [0.25, 0.3) is 0 Å². The third-order valence-corrected chi connectivity index (χ3v) is 2.71. The summed E-state index contributed by atoms with van der Waals surface area (Å²) in [5.74, 6) is 0.329. The largest absolute Gasteiger partial charge is 0.468 e. The lowest BCUT2D eigenvalue weighted by atomic mass is 10.3. The van der Waals surface area contributed by atoms with Crippen LogP contribution in [0.5, 0.6) is 0 Å². The lowest BCUT2D eigenvalue weighted by Gasteiger charge is -2.07. The van der Waals surface area contributed by atoms with Gasteiger partial charge in [-0.05, 0) is 34.5 Å². The summed E-state index contributed by atoms with van der Waals surface area (Å²) in [7, 11) is 1.35. The van der Waals surface area contributed by atoms with Crippen LogP contribution in [0.4, 0.5) is 5.82 Å². The minimum Gasteiger partial charge on any atom is -0.468 e. The topological polar surface area (TPSA) is 51.2 Å². The SMILES string of the molecule is COC(=O)CNc1nccc(C)c1Br. The molecule has 1 rings (SSSR count). The molecule has 5 heteroatoms. The first kappa shape index (κ1) is 11.0. The molecule has 0 aliphatic carbocycles. The number of esters is 1. The van der Waals surface area contributed by atoms with Crippen LogP contribution in [-0.4, -0.2) is 24.6 Å². The molecule has 0 spiro atoms. The van der Waals surface area contributed by atoms with Gasteiger partial charge in [-0.25, -0.2) is 4.98 Å². The average molecular weight is 259 g/mol. The number of ether oxygens (including phenoxy) is 1. The predicted octanol–water partition coefficient (Wildman–Crippen LogP) is 1.74. The number of aromatic nitrogens is 1. The van der Waals surface area contributed by atoms with E-state index in [9.17, 15) is 4.79 Å². The van der Waals surface area contributed by atoms with Crippen molar-refractivity contribution >= 4 is 27.7 Å². The number of carbonyl (C=O) groups is 1. The number of halogens is 1. The van der Waals surface area contributed by atoms with Crippen LogP contribution in [0.1, 0.15) is 5.56 Å². The van der Waals surface area contributed by atoms with Crippen molar-refractivity contribution in [1.29, 1.82) is 0 Å². The van der Waals surface area contributed by atoms with Gasteiger partial charge in [-0.1, -0.05) is 0 Å². The smallest absolute Gasteiger partial charge is 0.325 e. The van der Waals surface area contributed by atoms with E-state index in [1.165, 1.54) is 7.11 Å². The Kier molecular flexibility index (Phi) is 3.88. The van der Waals surface area contributed by atoms with E-state index in [0.29, 0.717) is 5.82 Å². The predicted molar refractivity (Wildman–Crippen MR) is 57.2 cm³/mol. The number of nitrogens with zero attached hydrogens (tertiary/aromatic N) is 1. The lowest BCUT2D eigenvalue weighted by molar-refractivity contribution is -0.138. The minimum atomic E-state index is -0.319. The molecule has 1 N–H and O–H groups in total. The summed E-state index contributed by atoms with van der Waals surface area (Å²) in [4.78, 5) is 14.9. The molecule has 0 bridgehead atoms. The molecule has 0 fully saturated rings. The molecule has 4 nitrogen and oxygen atoms in total. The molecule has 0 atom stereocenters. The zero-order valence-corrected chi connectivity index (χ0v) is 9.59. The van der Waals surface area contributed by atoms with Gasteiger partial charge in [0.1, 0.15) is 12.4 Å². The van der Waals surface area contributed by atoms with E-state index in [1.54, 1.807) is 6.20 Å². The number of carbonyl (C=O) groups excluding carboxylic acids is 1. The number of anilines is 1. The van der Waals surface area contributed by atoms with Gasteiger partial charge in [-0.3, -0.25) is 4.79 Å². The van der Waals surface area contributed by atoms with Crippen LogP contribution in [0.25, 0.3) is 0 Å². The highest BCUT2D eigenvalue weighted by atomic mass is 79.9. The van der Waals surface area contributed by atoms with Crippen LogP contribution in [0.3, 0.4) is 0 Å². The average Bonchev–Trinajstić information content (AvgIpc) is 2.20. The van der Waals surface area contributed by atoms with Gasteiger partial charge in [-0.15, -0.1) is 0 Å². The number of hydrogen-bond donors (Lipinski definition) is 1. The third kappa shape index (κ3) is 2.70. The quantitative estimate of drug-likeness (QED) is 0.840.